The first-order valence-electron chi connectivity index (χ1n) is 10.3. The number of rotatable bonds is 6. The summed E-state index contributed by atoms with van der Waals surface area (Å²) < 4.78 is 15.3. The van der Waals surface area contributed by atoms with Gasteiger partial charge in [-0.2, -0.15) is 0 Å². The number of aryl methyl sites for hydroxylation is 1. The van der Waals surface area contributed by atoms with Crippen molar-refractivity contribution < 1.29 is 18.8 Å². The molecular formula is C23H28FN3O3. The Labute approximate surface area is 175 Å². The zero-order valence-corrected chi connectivity index (χ0v) is 17.9. The van der Waals surface area contributed by atoms with Crippen molar-refractivity contribution in [2.75, 3.05) is 5.32 Å². The molecule has 1 aromatic heterocycles. The van der Waals surface area contributed by atoms with Crippen molar-refractivity contribution in [1.29, 1.82) is 0 Å². The van der Waals surface area contributed by atoms with E-state index in [9.17, 15) is 18.8 Å². The van der Waals surface area contributed by atoms with E-state index < -0.39 is 17.2 Å². The molecule has 0 radical (unpaired) electrons. The molecule has 1 aliphatic heterocycles. The number of fused-ring (bicyclic) bond motifs is 1. The van der Waals surface area contributed by atoms with Crippen LogP contribution in [-0.2, 0) is 17.8 Å². The zero-order chi connectivity index (χ0) is 22.1. The number of nitrogens with one attached hydrogen (secondary N) is 2. The van der Waals surface area contributed by atoms with E-state index in [1.54, 1.807) is 17.6 Å². The molecule has 7 heteroatoms. The number of carbonyl (C=O) groups excluding carboxylic acids is 3. The molecular weight excluding hydrogens is 385 g/mol. The molecule has 2 N–H and O–H groups in total. The lowest BCUT2D eigenvalue weighted by molar-refractivity contribution is -0.118. The Morgan fingerprint density at radius 1 is 1.17 bits per heavy atom. The fraction of sp³-hybridized carbons (Fsp3) is 0.435. The highest BCUT2D eigenvalue weighted by atomic mass is 19.1. The number of halogens is 1. The van der Waals surface area contributed by atoms with Crippen LogP contribution in [0.3, 0.4) is 0 Å². The SMILES string of the molecule is CCC(C)(C)NC(=O)C(=O)c1cc(C(=O)Nc2ccc(F)c(C)c2)c2n1CCCC2. The summed E-state index contributed by atoms with van der Waals surface area (Å²) in [4.78, 5) is 38.3. The van der Waals surface area contributed by atoms with Crippen LogP contribution in [0.5, 0.6) is 0 Å². The summed E-state index contributed by atoms with van der Waals surface area (Å²) >= 11 is 0. The smallest absolute Gasteiger partial charge is 0.294 e. The number of nitrogens with zero attached hydrogens (tertiary/aromatic N) is 1. The lowest BCUT2D eigenvalue weighted by atomic mass is 10.0. The maximum Gasteiger partial charge on any atom is 0.294 e. The van der Waals surface area contributed by atoms with Gasteiger partial charge >= 0.3 is 0 Å². The highest BCUT2D eigenvalue weighted by molar-refractivity contribution is 6.42. The fourth-order valence-electron chi connectivity index (χ4n) is 3.55. The predicted molar refractivity (Wildman–Crippen MR) is 113 cm³/mol. The number of hydrogen-bond acceptors (Lipinski definition) is 3. The monoisotopic (exact) mass is 413 g/mol. The first kappa shape index (κ1) is 21.7. The summed E-state index contributed by atoms with van der Waals surface area (Å²) in [7, 11) is 0. The van der Waals surface area contributed by atoms with E-state index >= 15 is 0 Å². The number of benzene rings is 1. The van der Waals surface area contributed by atoms with Crippen LogP contribution in [0, 0.1) is 12.7 Å². The minimum absolute atomic E-state index is 0.231. The van der Waals surface area contributed by atoms with Gasteiger partial charge in [0.15, 0.2) is 0 Å². The van der Waals surface area contributed by atoms with E-state index in [1.165, 1.54) is 18.2 Å². The average Bonchev–Trinajstić information content (AvgIpc) is 3.09. The van der Waals surface area contributed by atoms with Gasteiger partial charge in [-0.15, -0.1) is 0 Å². The molecule has 0 saturated carbocycles. The number of hydrogen-bond donors (Lipinski definition) is 2. The third-order valence-electron chi connectivity index (χ3n) is 5.69. The number of aromatic nitrogens is 1. The molecule has 6 nitrogen and oxygen atoms in total. The van der Waals surface area contributed by atoms with Crippen LogP contribution >= 0.6 is 0 Å². The van der Waals surface area contributed by atoms with Gasteiger partial charge in [-0.3, -0.25) is 14.4 Å². The summed E-state index contributed by atoms with van der Waals surface area (Å²) in [6.07, 6.45) is 3.12. The van der Waals surface area contributed by atoms with Crippen molar-refractivity contribution in [2.24, 2.45) is 0 Å². The minimum atomic E-state index is -0.672. The van der Waals surface area contributed by atoms with E-state index in [1.807, 2.05) is 20.8 Å². The van der Waals surface area contributed by atoms with Crippen molar-refractivity contribution >= 4 is 23.3 Å². The second kappa shape index (κ2) is 8.42. The second-order valence-corrected chi connectivity index (χ2v) is 8.44. The second-order valence-electron chi connectivity index (χ2n) is 8.44. The van der Waals surface area contributed by atoms with Crippen molar-refractivity contribution in [1.82, 2.24) is 9.88 Å². The molecule has 0 aliphatic carbocycles. The van der Waals surface area contributed by atoms with Gasteiger partial charge < -0.3 is 15.2 Å². The van der Waals surface area contributed by atoms with Gasteiger partial charge in [-0.25, -0.2) is 4.39 Å². The Balaban J connectivity index is 1.90. The van der Waals surface area contributed by atoms with Crippen molar-refractivity contribution in [3.05, 3.63) is 52.6 Å². The third kappa shape index (κ3) is 4.45. The molecule has 1 aromatic carbocycles. The minimum Gasteiger partial charge on any atom is -0.344 e. The first-order chi connectivity index (χ1) is 14.1. The van der Waals surface area contributed by atoms with Gasteiger partial charge in [0.25, 0.3) is 17.6 Å². The molecule has 0 bridgehead atoms. The highest BCUT2D eigenvalue weighted by Gasteiger charge is 2.30. The van der Waals surface area contributed by atoms with Gasteiger partial charge in [0.2, 0.25) is 0 Å². The fourth-order valence-corrected chi connectivity index (χ4v) is 3.55. The Kier molecular flexibility index (Phi) is 6.10. The highest BCUT2D eigenvalue weighted by Crippen LogP contribution is 2.26. The van der Waals surface area contributed by atoms with Crippen LogP contribution in [0.15, 0.2) is 24.3 Å². The molecule has 2 aromatic rings. The van der Waals surface area contributed by atoms with Gasteiger partial charge in [0.1, 0.15) is 5.82 Å². The Bertz CT molecular complexity index is 1010. The standard InChI is InChI=1S/C23H28FN3O3/c1-5-23(3,4)26-22(30)20(28)19-13-16(18-8-6-7-11-27(18)19)21(29)25-15-9-10-17(24)14(2)12-15/h9-10,12-13H,5-8,11H2,1-4H3,(H,25,29)(H,26,30). The van der Waals surface area contributed by atoms with E-state index in [0.29, 0.717) is 36.2 Å². The molecule has 160 valence electrons. The first-order valence-corrected chi connectivity index (χ1v) is 10.3. The van der Waals surface area contributed by atoms with Gasteiger partial charge in [-0.05, 0) is 76.3 Å². The van der Waals surface area contributed by atoms with E-state index in [-0.39, 0.29) is 17.4 Å². The third-order valence-corrected chi connectivity index (χ3v) is 5.69. The van der Waals surface area contributed by atoms with Gasteiger partial charge in [0.05, 0.1) is 11.3 Å². The number of amides is 2. The van der Waals surface area contributed by atoms with Crippen molar-refractivity contribution in [2.45, 2.75) is 65.5 Å². The molecule has 2 heterocycles. The van der Waals surface area contributed by atoms with Crippen LogP contribution < -0.4 is 10.6 Å². The predicted octanol–water partition coefficient (Wildman–Crippen LogP) is 4.01. The normalized spacial score (nSPS) is 13.5. The molecule has 0 spiro atoms. The summed E-state index contributed by atoms with van der Waals surface area (Å²) in [5.74, 6) is -2.03. The van der Waals surface area contributed by atoms with Crippen molar-refractivity contribution in [3.63, 3.8) is 0 Å². The molecule has 0 unspecified atom stereocenters. The van der Waals surface area contributed by atoms with Crippen LogP contribution in [0.25, 0.3) is 0 Å². The molecule has 30 heavy (non-hydrogen) atoms. The van der Waals surface area contributed by atoms with Crippen LogP contribution in [0.4, 0.5) is 10.1 Å². The average molecular weight is 413 g/mol. The Morgan fingerprint density at radius 3 is 2.57 bits per heavy atom. The summed E-state index contributed by atoms with van der Waals surface area (Å²) in [5.41, 5.74) is 1.77. The number of carbonyl (C=O) groups is 3. The summed E-state index contributed by atoms with van der Waals surface area (Å²) in [6.45, 7) is 7.86. The van der Waals surface area contributed by atoms with Crippen LogP contribution in [-0.4, -0.2) is 27.7 Å². The molecule has 0 atom stereocenters. The van der Waals surface area contributed by atoms with Crippen LogP contribution in [0.1, 0.15) is 72.1 Å². The molecule has 0 fully saturated rings. The molecule has 2 amide bonds. The van der Waals surface area contributed by atoms with Crippen LogP contribution in [0.2, 0.25) is 0 Å². The van der Waals surface area contributed by atoms with E-state index in [0.717, 1.165) is 18.5 Å². The number of Topliss-reactive ketones (excluding diaryl/α,β-unsaturated/α-hetero) is 1. The van der Waals surface area contributed by atoms with E-state index in [4.69, 9.17) is 0 Å². The number of anilines is 1. The Morgan fingerprint density at radius 2 is 1.90 bits per heavy atom. The molecule has 0 saturated heterocycles. The summed E-state index contributed by atoms with van der Waals surface area (Å²) in [5, 5.41) is 5.54. The molecule has 1 aliphatic rings. The largest absolute Gasteiger partial charge is 0.344 e. The lowest BCUT2D eigenvalue weighted by Gasteiger charge is -2.24. The topological polar surface area (TPSA) is 80.2 Å². The maximum atomic E-state index is 13.5. The maximum absolute atomic E-state index is 13.5. The van der Waals surface area contributed by atoms with E-state index in [2.05, 4.69) is 10.6 Å². The quantitative estimate of drug-likeness (QED) is 0.555. The number of ketones is 1. The molecule has 3 rings (SSSR count). The van der Waals surface area contributed by atoms with Gasteiger partial charge in [-0.1, -0.05) is 6.92 Å². The Hall–Kier alpha value is -2.96. The summed E-state index contributed by atoms with van der Waals surface area (Å²) in [6, 6.07) is 5.86. The van der Waals surface area contributed by atoms with Crippen molar-refractivity contribution in [3.8, 4) is 0 Å². The zero-order valence-electron chi connectivity index (χ0n) is 17.9. The van der Waals surface area contributed by atoms with Gasteiger partial charge in [0, 0.05) is 23.5 Å². The lowest BCUT2D eigenvalue weighted by Crippen LogP contribution is -2.46.